The summed E-state index contributed by atoms with van der Waals surface area (Å²) in [5.41, 5.74) is -0.380. The standard InChI is InChI=1S/C11H13N5O4/c1-11(2,3)20-10(17)13-9-12-8-5-4-7(16(18)19)6-15(8)14-9/h4-6H,1-3H3,(H,13,14,17). The van der Waals surface area contributed by atoms with Crippen molar-refractivity contribution in [3.63, 3.8) is 0 Å². The SMILES string of the molecule is CC(C)(C)OC(=O)Nc1nc2ccc([N+](=O)[O-])cn2n1. The number of carbonyl (C=O) groups is 1. The number of pyridine rings is 1. The molecule has 0 aliphatic carbocycles. The van der Waals surface area contributed by atoms with Crippen LogP contribution in [-0.2, 0) is 4.74 Å². The fourth-order valence-electron chi connectivity index (χ4n) is 1.43. The summed E-state index contributed by atoms with van der Waals surface area (Å²) < 4.78 is 6.27. The molecule has 2 heterocycles. The summed E-state index contributed by atoms with van der Waals surface area (Å²) in [5.74, 6) is 0.0137. The first-order valence-corrected chi connectivity index (χ1v) is 5.75. The molecule has 9 nitrogen and oxygen atoms in total. The maximum Gasteiger partial charge on any atom is 0.414 e. The van der Waals surface area contributed by atoms with E-state index in [2.05, 4.69) is 15.4 Å². The number of rotatable bonds is 2. The van der Waals surface area contributed by atoms with Gasteiger partial charge in [0.2, 0.25) is 0 Å². The van der Waals surface area contributed by atoms with E-state index in [0.29, 0.717) is 5.65 Å². The molecule has 106 valence electrons. The molecule has 9 heteroatoms. The van der Waals surface area contributed by atoms with Gasteiger partial charge in [-0.3, -0.25) is 15.4 Å². The molecule has 0 saturated heterocycles. The second kappa shape index (κ2) is 4.76. The Balaban J connectivity index is 2.20. The van der Waals surface area contributed by atoms with Crippen LogP contribution < -0.4 is 5.32 Å². The van der Waals surface area contributed by atoms with Gasteiger partial charge in [-0.25, -0.2) is 9.31 Å². The van der Waals surface area contributed by atoms with E-state index < -0.39 is 16.6 Å². The second-order valence-electron chi connectivity index (χ2n) is 5.01. The Morgan fingerprint density at radius 3 is 2.75 bits per heavy atom. The zero-order valence-corrected chi connectivity index (χ0v) is 11.2. The summed E-state index contributed by atoms with van der Waals surface area (Å²) in [6.45, 7) is 5.19. The quantitative estimate of drug-likeness (QED) is 0.664. The highest BCUT2D eigenvalue weighted by Gasteiger charge is 2.18. The van der Waals surface area contributed by atoms with Crippen LogP contribution in [0.1, 0.15) is 20.8 Å². The zero-order chi connectivity index (χ0) is 14.9. The van der Waals surface area contributed by atoms with Crippen LogP contribution in [0.2, 0.25) is 0 Å². The number of aromatic nitrogens is 3. The molecule has 0 saturated carbocycles. The smallest absolute Gasteiger partial charge is 0.414 e. The lowest BCUT2D eigenvalue weighted by atomic mass is 10.2. The lowest BCUT2D eigenvalue weighted by Gasteiger charge is -2.18. The third-order valence-corrected chi connectivity index (χ3v) is 2.14. The molecule has 2 aromatic rings. The molecule has 0 spiro atoms. The normalized spacial score (nSPS) is 11.3. The molecular weight excluding hydrogens is 266 g/mol. The van der Waals surface area contributed by atoms with Crippen molar-refractivity contribution in [2.24, 2.45) is 0 Å². The van der Waals surface area contributed by atoms with Crippen molar-refractivity contribution in [3.05, 3.63) is 28.4 Å². The number of nitrogens with zero attached hydrogens (tertiary/aromatic N) is 4. The monoisotopic (exact) mass is 279 g/mol. The maximum absolute atomic E-state index is 11.5. The number of ether oxygens (including phenoxy) is 1. The first-order chi connectivity index (χ1) is 9.24. The average Bonchev–Trinajstić information content (AvgIpc) is 2.66. The molecule has 20 heavy (non-hydrogen) atoms. The first-order valence-electron chi connectivity index (χ1n) is 5.75. The number of fused-ring (bicyclic) bond motifs is 1. The molecule has 2 rings (SSSR count). The molecule has 0 aliphatic heterocycles. The van der Waals surface area contributed by atoms with Crippen LogP contribution in [0.25, 0.3) is 5.65 Å². The highest BCUT2D eigenvalue weighted by molar-refractivity contribution is 5.82. The molecule has 1 N–H and O–H groups in total. The Hall–Kier alpha value is -2.71. The van der Waals surface area contributed by atoms with Crippen molar-refractivity contribution in [3.8, 4) is 0 Å². The summed E-state index contributed by atoms with van der Waals surface area (Å²) in [5, 5.41) is 16.9. The predicted molar refractivity (Wildman–Crippen MR) is 69.5 cm³/mol. The van der Waals surface area contributed by atoms with Crippen molar-refractivity contribution in [2.45, 2.75) is 26.4 Å². The fourth-order valence-corrected chi connectivity index (χ4v) is 1.43. The van der Waals surface area contributed by atoms with Crippen molar-refractivity contribution in [1.82, 2.24) is 14.6 Å². The van der Waals surface area contributed by atoms with Crippen LogP contribution in [0.15, 0.2) is 18.3 Å². The minimum Gasteiger partial charge on any atom is -0.444 e. The van der Waals surface area contributed by atoms with E-state index in [-0.39, 0.29) is 11.6 Å². The fraction of sp³-hybridized carbons (Fsp3) is 0.364. The second-order valence-corrected chi connectivity index (χ2v) is 5.01. The van der Waals surface area contributed by atoms with Gasteiger partial charge in [0.25, 0.3) is 11.6 Å². The largest absolute Gasteiger partial charge is 0.444 e. The number of hydrogen-bond donors (Lipinski definition) is 1. The molecule has 2 aromatic heterocycles. The Morgan fingerprint density at radius 1 is 1.45 bits per heavy atom. The molecule has 0 aliphatic rings. The van der Waals surface area contributed by atoms with Crippen LogP contribution >= 0.6 is 0 Å². The summed E-state index contributed by atoms with van der Waals surface area (Å²) in [6.07, 6.45) is 0.519. The number of amides is 1. The van der Waals surface area contributed by atoms with E-state index >= 15 is 0 Å². The summed E-state index contributed by atoms with van der Waals surface area (Å²) in [6, 6.07) is 2.74. The molecule has 0 aromatic carbocycles. The van der Waals surface area contributed by atoms with Gasteiger partial charge < -0.3 is 4.74 Å². The minimum absolute atomic E-state index is 0.0137. The average molecular weight is 279 g/mol. The van der Waals surface area contributed by atoms with Crippen molar-refractivity contribution in [1.29, 1.82) is 0 Å². The number of carbonyl (C=O) groups excluding carboxylic acids is 1. The topological polar surface area (TPSA) is 112 Å². The van der Waals surface area contributed by atoms with Crippen LogP contribution in [0.5, 0.6) is 0 Å². The lowest BCUT2D eigenvalue weighted by molar-refractivity contribution is -0.385. The van der Waals surface area contributed by atoms with Gasteiger partial charge in [-0.05, 0) is 26.8 Å². The van der Waals surface area contributed by atoms with Gasteiger partial charge in [-0.1, -0.05) is 0 Å². The third-order valence-electron chi connectivity index (χ3n) is 2.14. The van der Waals surface area contributed by atoms with Crippen LogP contribution in [0.3, 0.4) is 0 Å². The van der Waals surface area contributed by atoms with E-state index in [9.17, 15) is 14.9 Å². The molecule has 0 bridgehead atoms. The third kappa shape index (κ3) is 3.19. The van der Waals surface area contributed by atoms with E-state index in [1.807, 2.05) is 0 Å². The first kappa shape index (κ1) is 13.7. The number of hydrogen-bond acceptors (Lipinski definition) is 6. The molecular formula is C11H13N5O4. The van der Waals surface area contributed by atoms with Crippen LogP contribution in [0, 0.1) is 10.1 Å². The molecule has 1 amide bonds. The van der Waals surface area contributed by atoms with E-state index in [0.717, 1.165) is 0 Å². The Labute approximate surface area is 113 Å². The van der Waals surface area contributed by atoms with Crippen molar-refractivity contribution >= 4 is 23.4 Å². The van der Waals surface area contributed by atoms with Crippen LogP contribution in [0.4, 0.5) is 16.4 Å². The molecule has 0 atom stereocenters. The summed E-state index contributed by atoms with van der Waals surface area (Å²) in [7, 11) is 0. The summed E-state index contributed by atoms with van der Waals surface area (Å²) >= 11 is 0. The van der Waals surface area contributed by atoms with Gasteiger partial charge in [0, 0.05) is 6.07 Å². The van der Waals surface area contributed by atoms with Gasteiger partial charge in [0.05, 0.1) is 4.92 Å². The van der Waals surface area contributed by atoms with E-state index in [1.165, 1.54) is 22.8 Å². The van der Waals surface area contributed by atoms with Crippen molar-refractivity contribution < 1.29 is 14.5 Å². The Bertz CT molecular complexity index is 673. The van der Waals surface area contributed by atoms with Crippen LogP contribution in [-0.4, -0.2) is 31.2 Å². The van der Waals surface area contributed by atoms with Gasteiger partial charge in [-0.15, -0.1) is 5.10 Å². The highest BCUT2D eigenvalue weighted by atomic mass is 16.6. The summed E-state index contributed by atoms with van der Waals surface area (Å²) in [4.78, 5) is 25.7. The predicted octanol–water partition coefficient (Wildman–Crippen LogP) is 1.98. The van der Waals surface area contributed by atoms with Gasteiger partial charge in [0.1, 0.15) is 11.8 Å². The number of nitrogens with one attached hydrogen (secondary N) is 1. The van der Waals surface area contributed by atoms with Gasteiger partial charge >= 0.3 is 6.09 Å². The maximum atomic E-state index is 11.5. The Kier molecular flexibility index (Phi) is 3.26. The van der Waals surface area contributed by atoms with E-state index in [1.54, 1.807) is 20.8 Å². The molecule has 0 fully saturated rings. The Morgan fingerprint density at radius 2 is 2.15 bits per heavy atom. The zero-order valence-electron chi connectivity index (χ0n) is 11.2. The highest BCUT2D eigenvalue weighted by Crippen LogP contribution is 2.14. The lowest BCUT2D eigenvalue weighted by Crippen LogP contribution is -2.27. The number of nitro groups is 1. The molecule has 0 unspecified atom stereocenters. The van der Waals surface area contributed by atoms with E-state index in [4.69, 9.17) is 4.74 Å². The van der Waals surface area contributed by atoms with Crippen molar-refractivity contribution in [2.75, 3.05) is 5.32 Å². The van der Waals surface area contributed by atoms with Gasteiger partial charge in [0.15, 0.2) is 5.65 Å². The molecule has 0 radical (unpaired) electrons. The van der Waals surface area contributed by atoms with Gasteiger partial charge in [-0.2, -0.15) is 4.98 Å². The minimum atomic E-state index is -0.692. The number of anilines is 1.